The lowest BCUT2D eigenvalue weighted by molar-refractivity contribution is 0.0453. The predicted molar refractivity (Wildman–Crippen MR) is 146 cm³/mol. The van der Waals surface area contributed by atoms with E-state index in [1.165, 1.54) is 0 Å². The van der Waals surface area contributed by atoms with Crippen molar-refractivity contribution < 1.29 is 9.59 Å². The van der Waals surface area contributed by atoms with Gasteiger partial charge in [-0.3, -0.25) is 4.90 Å². The van der Waals surface area contributed by atoms with Crippen molar-refractivity contribution in [3.8, 4) is 0 Å². The second-order valence-electron chi connectivity index (χ2n) is 9.99. The van der Waals surface area contributed by atoms with E-state index in [2.05, 4.69) is 20.6 Å². The third kappa shape index (κ3) is 4.69. The summed E-state index contributed by atoms with van der Waals surface area (Å²) in [5.74, 6) is 0.401. The summed E-state index contributed by atoms with van der Waals surface area (Å²) < 4.78 is 0. The minimum Gasteiger partial charge on any atom is -0.323 e. The standard InChI is InChI=1S/C29H30N8O2/c1-34(19-21-11-5-2-6-12-21)28(38)37-24-17-18-25(37)26(27-30-32-33-31-27)35(20-24)29(39)36(22-13-7-3-8-14-22)23-15-9-4-10-16-23/h2-16,24-26H,17-20H2,1H3,(H,30,31,32,33)/t24-,25+,26-/m0/s1. The first-order chi connectivity index (χ1) is 19.1. The highest BCUT2D eigenvalue weighted by molar-refractivity contribution is 5.99. The number of anilines is 2. The van der Waals surface area contributed by atoms with Gasteiger partial charge in [0.25, 0.3) is 0 Å². The molecule has 2 aliphatic heterocycles. The molecule has 10 nitrogen and oxygen atoms in total. The quantitative estimate of drug-likeness (QED) is 0.413. The number of nitrogens with zero attached hydrogens (tertiary/aromatic N) is 7. The first-order valence-corrected chi connectivity index (χ1v) is 13.1. The molecule has 3 aromatic carbocycles. The van der Waals surface area contributed by atoms with Crippen molar-refractivity contribution in [1.82, 2.24) is 35.3 Å². The molecule has 2 saturated heterocycles. The molecule has 0 saturated carbocycles. The monoisotopic (exact) mass is 522 g/mol. The van der Waals surface area contributed by atoms with E-state index in [9.17, 15) is 9.59 Å². The number of urea groups is 2. The van der Waals surface area contributed by atoms with E-state index < -0.39 is 6.04 Å². The molecule has 2 fully saturated rings. The Labute approximate surface area is 226 Å². The number of hydrogen-bond donors (Lipinski definition) is 1. The van der Waals surface area contributed by atoms with E-state index in [0.29, 0.717) is 18.9 Å². The van der Waals surface area contributed by atoms with Gasteiger partial charge in [-0.05, 0) is 42.7 Å². The minimum absolute atomic E-state index is 0.0603. The molecule has 1 aromatic heterocycles. The molecule has 6 rings (SSSR count). The van der Waals surface area contributed by atoms with Gasteiger partial charge >= 0.3 is 12.1 Å². The summed E-state index contributed by atoms with van der Waals surface area (Å²) in [6.45, 7) is 0.872. The summed E-state index contributed by atoms with van der Waals surface area (Å²) in [7, 11) is 1.82. The number of amides is 4. The highest BCUT2D eigenvalue weighted by atomic mass is 16.2. The second kappa shape index (κ2) is 10.6. The molecule has 3 atom stereocenters. The average Bonchev–Trinajstić information content (AvgIpc) is 3.62. The third-order valence-electron chi connectivity index (χ3n) is 7.56. The van der Waals surface area contributed by atoms with E-state index in [1.54, 1.807) is 9.80 Å². The number of hydrogen-bond acceptors (Lipinski definition) is 5. The molecule has 3 heterocycles. The van der Waals surface area contributed by atoms with Crippen LogP contribution in [0.1, 0.15) is 30.3 Å². The molecule has 4 aromatic rings. The molecular weight excluding hydrogens is 492 g/mol. The number of aromatic amines is 1. The molecule has 2 bridgehead atoms. The highest BCUT2D eigenvalue weighted by Gasteiger charge is 2.53. The zero-order valence-electron chi connectivity index (χ0n) is 21.7. The van der Waals surface area contributed by atoms with Crippen LogP contribution in [0.5, 0.6) is 0 Å². The maximum Gasteiger partial charge on any atom is 0.329 e. The van der Waals surface area contributed by atoms with E-state index in [0.717, 1.165) is 29.8 Å². The number of tetrazole rings is 1. The van der Waals surface area contributed by atoms with Gasteiger partial charge in [-0.2, -0.15) is 5.21 Å². The Balaban J connectivity index is 1.33. The van der Waals surface area contributed by atoms with Crippen LogP contribution in [0.3, 0.4) is 0 Å². The lowest BCUT2D eigenvalue weighted by Gasteiger charge is -2.47. The molecule has 0 unspecified atom stereocenters. The summed E-state index contributed by atoms with van der Waals surface area (Å²) in [4.78, 5) is 35.4. The molecule has 198 valence electrons. The number of likely N-dealkylation sites (tertiary alicyclic amines) is 1. The van der Waals surface area contributed by atoms with Gasteiger partial charge in [0, 0.05) is 20.1 Å². The maximum absolute atomic E-state index is 14.4. The van der Waals surface area contributed by atoms with E-state index in [4.69, 9.17) is 0 Å². The summed E-state index contributed by atoms with van der Waals surface area (Å²) in [6.07, 6.45) is 1.54. The number of rotatable bonds is 5. The van der Waals surface area contributed by atoms with Crippen molar-refractivity contribution in [3.05, 3.63) is 102 Å². The average molecular weight is 523 g/mol. The summed E-state index contributed by atoms with van der Waals surface area (Å²) in [5, 5.41) is 14.9. The van der Waals surface area contributed by atoms with Crippen molar-refractivity contribution in [2.45, 2.75) is 37.5 Å². The van der Waals surface area contributed by atoms with E-state index >= 15 is 0 Å². The molecule has 0 aliphatic carbocycles. The van der Waals surface area contributed by atoms with E-state index in [1.807, 2.05) is 108 Å². The molecule has 0 spiro atoms. The maximum atomic E-state index is 14.4. The first-order valence-electron chi connectivity index (χ1n) is 13.1. The topological polar surface area (TPSA) is 102 Å². The molecule has 1 N–H and O–H groups in total. The Kier molecular flexibility index (Phi) is 6.66. The molecular formula is C29H30N8O2. The Morgan fingerprint density at radius 2 is 1.49 bits per heavy atom. The van der Waals surface area contributed by atoms with Gasteiger partial charge in [-0.25, -0.2) is 9.59 Å². The van der Waals surface area contributed by atoms with Gasteiger partial charge in [0.2, 0.25) is 0 Å². The minimum atomic E-state index is -0.543. The van der Waals surface area contributed by atoms with Gasteiger partial charge in [0.15, 0.2) is 5.82 Å². The largest absolute Gasteiger partial charge is 0.329 e. The molecule has 39 heavy (non-hydrogen) atoms. The normalized spacial score (nSPS) is 20.1. The van der Waals surface area contributed by atoms with E-state index in [-0.39, 0.29) is 24.1 Å². The van der Waals surface area contributed by atoms with Crippen LogP contribution < -0.4 is 4.90 Å². The van der Waals surface area contributed by atoms with Crippen molar-refractivity contribution in [3.63, 3.8) is 0 Å². The molecule has 4 amide bonds. The zero-order chi connectivity index (χ0) is 26.8. The van der Waals surface area contributed by atoms with Crippen LogP contribution >= 0.6 is 0 Å². The van der Waals surface area contributed by atoms with Gasteiger partial charge in [0.05, 0.1) is 23.5 Å². The second-order valence-corrected chi connectivity index (χ2v) is 9.99. The van der Waals surface area contributed by atoms with Crippen LogP contribution in [0.15, 0.2) is 91.0 Å². The Morgan fingerprint density at radius 1 is 0.872 bits per heavy atom. The number of carbonyl (C=O) groups is 2. The third-order valence-corrected chi connectivity index (χ3v) is 7.56. The van der Waals surface area contributed by atoms with Crippen LogP contribution in [-0.2, 0) is 6.54 Å². The summed E-state index contributed by atoms with van der Waals surface area (Å²) in [5.41, 5.74) is 2.58. The fraction of sp³-hybridized carbons (Fsp3) is 0.276. The van der Waals surface area contributed by atoms with Crippen molar-refractivity contribution in [2.75, 3.05) is 18.5 Å². The highest BCUT2D eigenvalue weighted by Crippen LogP contribution is 2.43. The lowest BCUT2D eigenvalue weighted by Crippen LogP contribution is -2.62. The number of fused-ring (bicyclic) bond motifs is 2. The number of H-pyrrole nitrogens is 1. The van der Waals surface area contributed by atoms with Gasteiger partial charge in [-0.15, -0.1) is 10.2 Å². The Hall–Kier alpha value is -4.73. The van der Waals surface area contributed by atoms with Crippen LogP contribution in [0.4, 0.5) is 21.0 Å². The van der Waals surface area contributed by atoms with Crippen molar-refractivity contribution >= 4 is 23.4 Å². The molecule has 2 aliphatic rings. The summed E-state index contributed by atoms with van der Waals surface area (Å²) >= 11 is 0. The number of carbonyl (C=O) groups excluding carboxylic acids is 2. The smallest absolute Gasteiger partial charge is 0.323 e. The number of nitrogens with one attached hydrogen (secondary N) is 1. The lowest BCUT2D eigenvalue weighted by atomic mass is 10.0. The fourth-order valence-electron chi connectivity index (χ4n) is 5.83. The fourth-order valence-corrected chi connectivity index (χ4v) is 5.83. The predicted octanol–water partition coefficient (Wildman–Crippen LogP) is 4.60. The van der Waals surface area contributed by atoms with Crippen LogP contribution in [0, 0.1) is 0 Å². The van der Waals surface area contributed by atoms with Crippen LogP contribution in [-0.4, -0.2) is 73.1 Å². The number of aromatic nitrogens is 4. The Bertz CT molecular complexity index is 1360. The Morgan fingerprint density at radius 3 is 2.08 bits per heavy atom. The number of para-hydroxylation sites is 2. The van der Waals surface area contributed by atoms with Crippen LogP contribution in [0.2, 0.25) is 0 Å². The number of piperazine rings is 1. The summed E-state index contributed by atoms with van der Waals surface area (Å²) in [6, 6.07) is 27.9. The first kappa shape index (κ1) is 24.6. The van der Waals surface area contributed by atoms with Gasteiger partial charge < -0.3 is 14.7 Å². The molecule has 0 radical (unpaired) electrons. The number of benzene rings is 3. The van der Waals surface area contributed by atoms with Crippen molar-refractivity contribution in [1.29, 1.82) is 0 Å². The SMILES string of the molecule is CN(Cc1ccccc1)C(=O)N1[C@H]2CC[C@@H]1[C@@H](c1nn[nH]n1)N(C(=O)N(c1ccccc1)c1ccccc1)C2. The zero-order valence-corrected chi connectivity index (χ0v) is 21.7. The van der Waals surface area contributed by atoms with Gasteiger partial charge in [0.1, 0.15) is 6.04 Å². The molecule has 10 heteroatoms. The van der Waals surface area contributed by atoms with Crippen LogP contribution in [0.25, 0.3) is 0 Å². The van der Waals surface area contributed by atoms with Crippen molar-refractivity contribution in [2.24, 2.45) is 0 Å². The van der Waals surface area contributed by atoms with Gasteiger partial charge in [-0.1, -0.05) is 71.9 Å².